The summed E-state index contributed by atoms with van der Waals surface area (Å²) in [5.41, 5.74) is 0.698. The minimum atomic E-state index is -1.13. The van der Waals surface area contributed by atoms with Crippen LogP contribution in [-0.4, -0.2) is 60.3 Å². The van der Waals surface area contributed by atoms with Gasteiger partial charge in [0.05, 0.1) is 11.3 Å². The van der Waals surface area contributed by atoms with Gasteiger partial charge in [0.15, 0.2) is 0 Å². The molecule has 0 aliphatic carbocycles. The Balaban J connectivity index is 1.45. The molecule has 12 heteroatoms. The molecule has 2 aliphatic heterocycles. The summed E-state index contributed by atoms with van der Waals surface area (Å²) in [6.07, 6.45) is 0.212. The number of β-lactam (4-membered cyclic amide) rings is 1. The lowest BCUT2D eigenvalue weighted by molar-refractivity contribution is -0.150. The number of carbonyl (C=O) groups is 3. The molecule has 0 bridgehead atoms. The lowest BCUT2D eigenvalue weighted by atomic mass is 10.0. The molecule has 2 aromatic heterocycles. The molecule has 0 spiro atoms. The van der Waals surface area contributed by atoms with Gasteiger partial charge in [0.25, 0.3) is 5.91 Å². The van der Waals surface area contributed by atoms with Crippen LogP contribution in [0, 0.1) is 6.92 Å². The van der Waals surface area contributed by atoms with E-state index in [1.807, 2.05) is 24.4 Å². The smallest absolute Gasteiger partial charge is 0.352 e. The molecule has 8 nitrogen and oxygen atoms in total. The van der Waals surface area contributed by atoms with Crippen molar-refractivity contribution in [3.8, 4) is 0 Å². The first-order chi connectivity index (χ1) is 14.0. The number of rotatable bonds is 7. The van der Waals surface area contributed by atoms with Crippen molar-refractivity contribution in [2.45, 2.75) is 29.8 Å². The first-order valence-electron chi connectivity index (χ1n) is 8.59. The number of thiophene rings is 1. The Morgan fingerprint density at radius 1 is 1.45 bits per heavy atom. The predicted molar refractivity (Wildman–Crippen MR) is 113 cm³/mol. The van der Waals surface area contributed by atoms with E-state index < -0.39 is 17.4 Å². The van der Waals surface area contributed by atoms with E-state index in [-0.39, 0.29) is 23.9 Å². The number of fused-ring (bicyclic) bond motifs is 1. The maximum Gasteiger partial charge on any atom is 0.352 e. The third kappa shape index (κ3) is 4.06. The summed E-state index contributed by atoms with van der Waals surface area (Å²) in [5, 5.41) is 18.8. The zero-order valence-electron chi connectivity index (χ0n) is 15.2. The van der Waals surface area contributed by atoms with Crippen LogP contribution in [0.5, 0.6) is 0 Å². The van der Waals surface area contributed by atoms with Crippen molar-refractivity contribution in [3.63, 3.8) is 0 Å². The number of nitrogens with one attached hydrogen (secondary N) is 1. The van der Waals surface area contributed by atoms with Gasteiger partial charge in [0, 0.05) is 16.4 Å². The second kappa shape index (κ2) is 8.46. The average Bonchev–Trinajstić information content (AvgIpc) is 3.35. The molecule has 4 heterocycles. The lowest BCUT2D eigenvalue weighted by Crippen LogP contribution is -2.70. The van der Waals surface area contributed by atoms with Crippen LogP contribution in [0.1, 0.15) is 9.75 Å². The quantitative estimate of drug-likeness (QED) is 0.469. The molecule has 0 saturated carbocycles. The molecule has 29 heavy (non-hydrogen) atoms. The number of thioether (sulfide) groups is 2. The van der Waals surface area contributed by atoms with Gasteiger partial charge in [0.1, 0.15) is 22.1 Å². The number of carbonyl (C=O) groups excluding carboxylic acids is 2. The standard InChI is InChI=1S/C17H16N4O4S4/c1-8-14(19-20-29-8)27-6-9-7-28-16-12(15(23)21(16)13(9)17(24)25)18-11(22)5-10-3-2-4-26-10/h2-4,12,16H,5-7H2,1H3,(H,18,22)(H,24,25)/t12?,16-/m1/s1. The third-order valence-electron chi connectivity index (χ3n) is 4.47. The van der Waals surface area contributed by atoms with Crippen molar-refractivity contribution in [2.75, 3.05) is 11.5 Å². The van der Waals surface area contributed by atoms with Crippen molar-refractivity contribution in [1.82, 2.24) is 19.8 Å². The topological polar surface area (TPSA) is 112 Å². The molecule has 0 radical (unpaired) electrons. The van der Waals surface area contributed by atoms with E-state index in [2.05, 4.69) is 14.9 Å². The number of nitrogens with zero attached hydrogens (tertiary/aromatic N) is 3. The molecule has 2 amide bonds. The number of carboxylic acids is 1. The number of hydrogen-bond acceptors (Lipinski definition) is 9. The fraction of sp³-hybridized carbons (Fsp3) is 0.353. The lowest BCUT2D eigenvalue weighted by Gasteiger charge is -2.49. The molecule has 152 valence electrons. The van der Waals surface area contributed by atoms with E-state index in [0.29, 0.717) is 17.1 Å². The van der Waals surface area contributed by atoms with Crippen LogP contribution in [0.4, 0.5) is 0 Å². The van der Waals surface area contributed by atoms with Gasteiger partial charge in [-0.05, 0) is 35.5 Å². The summed E-state index contributed by atoms with van der Waals surface area (Å²) < 4.78 is 3.88. The van der Waals surface area contributed by atoms with Crippen molar-refractivity contribution in [3.05, 3.63) is 38.5 Å². The maximum absolute atomic E-state index is 12.7. The van der Waals surface area contributed by atoms with E-state index in [0.717, 1.165) is 14.8 Å². The largest absolute Gasteiger partial charge is 0.477 e. The van der Waals surface area contributed by atoms with Gasteiger partial charge >= 0.3 is 5.97 Å². The van der Waals surface area contributed by atoms with Gasteiger partial charge < -0.3 is 10.4 Å². The maximum atomic E-state index is 12.7. The molecular formula is C17H16N4O4S4. The van der Waals surface area contributed by atoms with Gasteiger partial charge in [-0.15, -0.1) is 28.2 Å². The number of hydrogen-bond donors (Lipinski definition) is 2. The Morgan fingerprint density at radius 3 is 2.93 bits per heavy atom. The minimum Gasteiger partial charge on any atom is -0.477 e. The van der Waals surface area contributed by atoms with E-state index in [1.165, 1.54) is 51.3 Å². The Labute approximate surface area is 182 Å². The molecule has 0 aromatic carbocycles. The predicted octanol–water partition coefficient (Wildman–Crippen LogP) is 1.98. The van der Waals surface area contributed by atoms with Crippen LogP contribution in [0.15, 0.2) is 33.8 Å². The monoisotopic (exact) mass is 468 g/mol. The van der Waals surface area contributed by atoms with E-state index in [1.54, 1.807) is 0 Å². The fourth-order valence-corrected chi connectivity index (χ4v) is 6.84. The SMILES string of the molecule is Cc1snnc1SCC1=C(C(=O)O)N2C(=O)C(NC(=O)Cc3cccs3)[C@H]2SC1. The van der Waals surface area contributed by atoms with Crippen LogP contribution in [0.3, 0.4) is 0 Å². The van der Waals surface area contributed by atoms with E-state index in [9.17, 15) is 19.5 Å². The van der Waals surface area contributed by atoms with E-state index >= 15 is 0 Å². The van der Waals surface area contributed by atoms with Gasteiger partial charge in [0.2, 0.25) is 5.91 Å². The molecule has 2 aliphatic rings. The van der Waals surface area contributed by atoms with Crippen LogP contribution < -0.4 is 5.32 Å². The molecule has 1 unspecified atom stereocenters. The van der Waals surface area contributed by atoms with Gasteiger partial charge in [-0.1, -0.05) is 22.3 Å². The Kier molecular flexibility index (Phi) is 5.95. The zero-order chi connectivity index (χ0) is 20.5. The highest BCUT2D eigenvalue weighted by Gasteiger charge is 2.54. The van der Waals surface area contributed by atoms with E-state index in [4.69, 9.17) is 0 Å². The summed E-state index contributed by atoms with van der Waals surface area (Å²) in [6.45, 7) is 1.91. The van der Waals surface area contributed by atoms with Crippen molar-refractivity contribution in [1.29, 1.82) is 0 Å². The number of aromatic nitrogens is 2. The number of carboxylic acid groups (broad SMARTS) is 1. The minimum absolute atomic E-state index is 0.0239. The highest BCUT2D eigenvalue weighted by molar-refractivity contribution is 8.01. The molecule has 1 saturated heterocycles. The molecule has 1 fully saturated rings. The normalized spacial score (nSPS) is 21.0. The van der Waals surface area contributed by atoms with Crippen molar-refractivity contribution in [2.24, 2.45) is 0 Å². The molecule has 4 rings (SSSR count). The van der Waals surface area contributed by atoms with Crippen molar-refractivity contribution >= 4 is 64.2 Å². The number of aryl methyl sites for hydroxylation is 1. The number of aliphatic carboxylic acids is 1. The summed E-state index contributed by atoms with van der Waals surface area (Å²) in [5.74, 6) is -0.840. The summed E-state index contributed by atoms with van der Waals surface area (Å²) >= 11 is 5.66. The Bertz CT molecular complexity index is 987. The Hall–Kier alpha value is -1.89. The van der Waals surface area contributed by atoms with Crippen LogP contribution >= 0.6 is 46.4 Å². The molecule has 2 aromatic rings. The van der Waals surface area contributed by atoms with Crippen LogP contribution in [0.2, 0.25) is 0 Å². The molecule has 2 atom stereocenters. The fourth-order valence-electron chi connectivity index (χ4n) is 3.10. The number of amides is 2. The average molecular weight is 469 g/mol. The summed E-state index contributed by atoms with van der Waals surface area (Å²) in [6, 6.07) is 3.04. The second-order valence-electron chi connectivity index (χ2n) is 6.39. The molecular weight excluding hydrogens is 452 g/mol. The van der Waals surface area contributed by atoms with Crippen LogP contribution in [0.25, 0.3) is 0 Å². The van der Waals surface area contributed by atoms with Crippen LogP contribution in [-0.2, 0) is 20.8 Å². The molecule has 2 N–H and O–H groups in total. The first kappa shape index (κ1) is 20.4. The van der Waals surface area contributed by atoms with Gasteiger partial charge in [-0.2, -0.15) is 0 Å². The van der Waals surface area contributed by atoms with Gasteiger partial charge in [-0.3, -0.25) is 14.5 Å². The van der Waals surface area contributed by atoms with Gasteiger partial charge in [-0.25, -0.2) is 4.79 Å². The summed E-state index contributed by atoms with van der Waals surface area (Å²) in [7, 11) is 0. The zero-order valence-corrected chi connectivity index (χ0v) is 18.4. The second-order valence-corrected chi connectivity index (χ2v) is 10.5. The first-order valence-corrected chi connectivity index (χ1v) is 12.3. The summed E-state index contributed by atoms with van der Waals surface area (Å²) in [4.78, 5) is 40.0. The Morgan fingerprint density at radius 2 is 2.28 bits per heavy atom. The third-order valence-corrected chi connectivity index (χ3v) is 8.60. The highest BCUT2D eigenvalue weighted by Crippen LogP contribution is 2.41. The highest BCUT2D eigenvalue weighted by atomic mass is 32.2. The van der Waals surface area contributed by atoms with Crippen molar-refractivity contribution < 1.29 is 19.5 Å².